The van der Waals surface area contributed by atoms with Gasteiger partial charge in [0.2, 0.25) is 5.91 Å². The van der Waals surface area contributed by atoms with Gasteiger partial charge in [-0.1, -0.05) is 30.3 Å². The lowest BCUT2D eigenvalue weighted by Crippen LogP contribution is -2.38. The minimum absolute atomic E-state index is 0.00546. The molecule has 2 aromatic rings. The van der Waals surface area contributed by atoms with Crippen molar-refractivity contribution in [3.63, 3.8) is 0 Å². The van der Waals surface area contributed by atoms with E-state index in [1.807, 2.05) is 56.3 Å². The van der Waals surface area contributed by atoms with Gasteiger partial charge < -0.3 is 15.0 Å². The Morgan fingerprint density at radius 2 is 1.86 bits per heavy atom. The zero-order chi connectivity index (χ0) is 15.5. The van der Waals surface area contributed by atoms with Gasteiger partial charge in [-0.2, -0.15) is 0 Å². The molecule has 1 amide bonds. The third kappa shape index (κ3) is 2.91. The summed E-state index contributed by atoms with van der Waals surface area (Å²) in [5, 5.41) is 3.04. The number of carbonyl (C=O) groups excluding carboxylic acids is 1. The highest BCUT2D eigenvalue weighted by Crippen LogP contribution is 2.30. The van der Waals surface area contributed by atoms with Gasteiger partial charge in [0.15, 0.2) is 0 Å². The van der Waals surface area contributed by atoms with Crippen LogP contribution in [-0.4, -0.2) is 25.6 Å². The van der Waals surface area contributed by atoms with E-state index in [1.165, 1.54) is 0 Å². The number of nitrogens with zero attached hydrogens (tertiary/aromatic N) is 1. The summed E-state index contributed by atoms with van der Waals surface area (Å²) in [7, 11) is 0. The lowest BCUT2D eigenvalue weighted by atomic mass is 10.1. The van der Waals surface area contributed by atoms with E-state index in [0.717, 1.165) is 34.8 Å². The Morgan fingerprint density at radius 3 is 2.64 bits per heavy atom. The maximum Gasteiger partial charge on any atom is 0.243 e. The van der Waals surface area contributed by atoms with E-state index in [2.05, 4.69) is 10.2 Å². The van der Waals surface area contributed by atoms with Gasteiger partial charge in [-0.3, -0.25) is 4.79 Å². The summed E-state index contributed by atoms with van der Waals surface area (Å²) in [6, 6.07) is 13.8. The van der Waals surface area contributed by atoms with Gasteiger partial charge in [-0.25, -0.2) is 0 Å². The molecule has 1 aliphatic heterocycles. The van der Waals surface area contributed by atoms with Crippen LogP contribution in [0.3, 0.4) is 0 Å². The Bertz CT molecular complexity index is 677. The van der Waals surface area contributed by atoms with Crippen molar-refractivity contribution in [2.75, 3.05) is 29.9 Å². The molecule has 0 unspecified atom stereocenters. The van der Waals surface area contributed by atoms with Crippen molar-refractivity contribution in [3.8, 4) is 5.75 Å². The first-order valence-electron chi connectivity index (χ1n) is 7.48. The minimum Gasteiger partial charge on any atom is -0.490 e. The van der Waals surface area contributed by atoms with Gasteiger partial charge in [-0.05, 0) is 37.1 Å². The molecule has 1 N–H and O–H groups in total. The molecule has 4 nitrogen and oxygen atoms in total. The first-order valence-corrected chi connectivity index (χ1v) is 7.48. The molecule has 1 aliphatic rings. The number of hydrogen-bond donors (Lipinski definition) is 1. The summed E-state index contributed by atoms with van der Waals surface area (Å²) < 4.78 is 5.62. The molecule has 0 radical (unpaired) electrons. The lowest BCUT2D eigenvalue weighted by molar-refractivity contribution is -0.115. The molecule has 0 atom stereocenters. The molecule has 0 spiro atoms. The molecule has 0 aliphatic carbocycles. The predicted octanol–water partition coefficient (Wildman–Crippen LogP) is 3.14. The second-order valence-corrected chi connectivity index (χ2v) is 5.55. The van der Waals surface area contributed by atoms with Crippen LogP contribution in [0.15, 0.2) is 42.5 Å². The normalized spacial score (nSPS) is 13.3. The number of hydrogen-bond acceptors (Lipinski definition) is 3. The quantitative estimate of drug-likeness (QED) is 0.946. The first kappa shape index (κ1) is 14.4. The highest BCUT2D eigenvalue weighted by Gasteiger charge is 2.20. The Hall–Kier alpha value is -2.49. The summed E-state index contributed by atoms with van der Waals surface area (Å²) in [6.07, 6.45) is 0. The van der Waals surface area contributed by atoms with Crippen molar-refractivity contribution in [3.05, 3.63) is 53.6 Å². The molecule has 0 aromatic heterocycles. The Kier molecular flexibility index (Phi) is 4.00. The summed E-state index contributed by atoms with van der Waals surface area (Å²) in [5.74, 6) is 0.836. The molecule has 0 saturated heterocycles. The molecule has 1 heterocycles. The smallest absolute Gasteiger partial charge is 0.243 e. The number of fused-ring (bicyclic) bond motifs is 1. The number of anilines is 2. The van der Waals surface area contributed by atoms with Crippen LogP contribution in [0.25, 0.3) is 0 Å². The van der Waals surface area contributed by atoms with E-state index in [0.29, 0.717) is 13.2 Å². The largest absolute Gasteiger partial charge is 0.490 e. The SMILES string of the molecule is Cc1cccc(C)c1NC(=O)CN1CCOc2ccccc21. The van der Waals surface area contributed by atoms with Gasteiger partial charge in [0, 0.05) is 5.69 Å². The molecule has 114 valence electrons. The summed E-state index contributed by atoms with van der Waals surface area (Å²) >= 11 is 0. The van der Waals surface area contributed by atoms with Crippen LogP contribution in [0.4, 0.5) is 11.4 Å². The molecule has 22 heavy (non-hydrogen) atoms. The molecular formula is C18H20N2O2. The fourth-order valence-corrected chi connectivity index (χ4v) is 2.75. The zero-order valence-electron chi connectivity index (χ0n) is 12.9. The Labute approximate surface area is 130 Å². The lowest BCUT2D eigenvalue weighted by Gasteiger charge is -2.30. The monoisotopic (exact) mass is 296 g/mol. The summed E-state index contributed by atoms with van der Waals surface area (Å²) in [4.78, 5) is 14.5. The van der Waals surface area contributed by atoms with E-state index in [9.17, 15) is 4.79 Å². The van der Waals surface area contributed by atoms with Gasteiger partial charge in [0.05, 0.1) is 18.8 Å². The molecule has 3 rings (SSSR count). The maximum atomic E-state index is 12.4. The second kappa shape index (κ2) is 6.10. The number of ether oxygens (including phenoxy) is 1. The van der Waals surface area contributed by atoms with E-state index in [-0.39, 0.29) is 5.91 Å². The second-order valence-electron chi connectivity index (χ2n) is 5.55. The third-order valence-electron chi connectivity index (χ3n) is 3.90. The highest BCUT2D eigenvalue weighted by atomic mass is 16.5. The minimum atomic E-state index is -0.00546. The number of carbonyl (C=O) groups is 1. The van der Waals surface area contributed by atoms with Crippen LogP contribution in [-0.2, 0) is 4.79 Å². The van der Waals surface area contributed by atoms with Crippen molar-refractivity contribution in [1.82, 2.24) is 0 Å². The van der Waals surface area contributed by atoms with Crippen molar-refractivity contribution >= 4 is 17.3 Å². The van der Waals surface area contributed by atoms with E-state index in [4.69, 9.17) is 4.74 Å². The van der Waals surface area contributed by atoms with Crippen LogP contribution in [0.1, 0.15) is 11.1 Å². The van der Waals surface area contributed by atoms with Crippen LogP contribution >= 0.6 is 0 Å². The molecule has 2 aromatic carbocycles. The fourth-order valence-electron chi connectivity index (χ4n) is 2.75. The van der Waals surface area contributed by atoms with Crippen LogP contribution in [0.5, 0.6) is 5.75 Å². The standard InChI is InChI=1S/C18H20N2O2/c1-13-6-5-7-14(2)18(13)19-17(21)12-20-10-11-22-16-9-4-3-8-15(16)20/h3-9H,10-12H2,1-2H3,(H,19,21). The fraction of sp³-hybridized carbons (Fsp3) is 0.278. The van der Waals surface area contributed by atoms with Crippen molar-refractivity contribution in [2.45, 2.75) is 13.8 Å². The van der Waals surface area contributed by atoms with Gasteiger partial charge in [0.25, 0.3) is 0 Å². The number of rotatable bonds is 3. The molecule has 0 fully saturated rings. The molecule has 4 heteroatoms. The Balaban J connectivity index is 1.73. The molecule has 0 saturated carbocycles. The number of para-hydroxylation sites is 3. The van der Waals surface area contributed by atoms with Gasteiger partial charge in [-0.15, -0.1) is 0 Å². The predicted molar refractivity (Wildman–Crippen MR) is 88.7 cm³/mol. The van der Waals surface area contributed by atoms with Crippen molar-refractivity contribution < 1.29 is 9.53 Å². The van der Waals surface area contributed by atoms with Gasteiger partial charge >= 0.3 is 0 Å². The average molecular weight is 296 g/mol. The zero-order valence-corrected chi connectivity index (χ0v) is 12.9. The maximum absolute atomic E-state index is 12.4. The number of benzene rings is 2. The van der Waals surface area contributed by atoms with Gasteiger partial charge in [0.1, 0.15) is 12.4 Å². The van der Waals surface area contributed by atoms with Crippen molar-refractivity contribution in [1.29, 1.82) is 0 Å². The summed E-state index contributed by atoms with van der Waals surface area (Å²) in [6.45, 7) is 5.66. The Morgan fingerprint density at radius 1 is 1.14 bits per heavy atom. The van der Waals surface area contributed by atoms with E-state index in [1.54, 1.807) is 0 Å². The number of aryl methyl sites for hydroxylation is 2. The highest BCUT2D eigenvalue weighted by molar-refractivity contribution is 5.95. The van der Waals surface area contributed by atoms with Crippen LogP contribution in [0.2, 0.25) is 0 Å². The van der Waals surface area contributed by atoms with Crippen LogP contribution < -0.4 is 15.0 Å². The third-order valence-corrected chi connectivity index (χ3v) is 3.90. The molecular weight excluding hydrogens is 276 g/mol. The van der Waals surface area contributed by atoms with Crippen LogP contribution in [0, 0.1) is 13.8 Å². The number of amides is 1. The van der Waals surface area contributed by atoms with E-state index < -0.39 is 0 Å². The average Bonchev–Trinajstić information content (AvgIpc) is 2.51. The summed E-state index contributed by atoms with van der Waals surface area (Å²) in [5.41, 5.74) is 4.05. The van der Waals surface area contributed by atoms with E-state index >= 15 is 0 Å². The molecule has 0 bridgehead atoms. The number of nitrogens with one attached hydrogen (secondary N) is 1. The van der Waals surface area contributed by atoms with Crippen molar-refractivity contribution in [2.24, 2.45) is 0 Å². The first-order chi connectivity index (χ1) is 10.6. The topological polar surface area (TPSA) is 41.6 Å².